The summed E-state index contributed by atoms with van der Waals surface area (Å²) in [6, 6.07) is 2.12. The van der Waals surface area contributed by atoms with Gasteiger partial charge in [-0.1, -0.05) is 0 Å². The number of aromatic nitrogens is 2. The van der Waals surface area contributed by atoms with Crippen LogP contribution in [0.5, 0.6) is 0 Å². The molecular formula is C12H17N5O. The molecule has 0 unspecified atom stereocenters. The Morgan fingerprint density at radius 1 is 1.61 bits per heavy atom. The first kappa shape index (κ1) is 13.9. The number of nitrogens with zero attached hydrogens (tertiary/aromatic N) is 4. The van der Waals surface area contributed by atoms with Crippen molar-refractivity contribution in [3.05, 3.63) is 18.1 Å². The monoisotopic (exact) mass is 247 g/mol. The van der Waals surface area contributed by atoms with Gasteiger partial charge in [0.2, 0.25) is 5.91 Å². The highest BCUT2D eigenvalue weighted by molar-refractivity contribution is 5.81. The van der Waals surface area contributed by atoms with E-state index in [0.717, 1.165) is 0 Å². The molecule has 0 aliphatic carbocycles. The molecule has 0 bridgehead atoms. The molecule has 0 radical (unpaired) electrons. The summed E-state index contributed by atoms with van der Waals surface area (Å²) >= 11 is 0. The van der Waals surface area contributed by atoms with Gasteiger partial charge in [0.25, 0.3) is 0 Å². The van der Waals surface area contributed by atoms with E-state index in [4.69, 9.17) is 5.26 Å². The number of carbonyl (C=O) groups excluding carboxylic acids is 1. The summed E-state index contributed by atoms with van der Waals surface area (Å²) in [4.78, 5) is 21.3. The van der Waals surface area contributed by atoms with Crippen molar-refractivity contribution in [1.29, 1.82) is 5.26 Å². The largest absolute Gasteiger partial charge is 0.352 e. The second kappa shape index (κ2) is 6.55. The Morgan fingerprint density at radius 3 is 2.89 bits per heavy atom. The van der Waals surface area contributed by atoms with Crippen LogP contribution in [0.2, 0.25) is 0 Å². The fraction of sp³-hybridized carbons (Fsp3) is 0.500. The number of hydrogen-bond acceptors (Lipinski definition) is 5. The van der Waals surface area contributed by atoms with Gasteiger partial charge in [-0.3, -0.25) is 4.79 Å². The fourth-order valence-electron chi connectivity index (χ4n) is 1.53. The van der Waals surface area contributed by atoms with Crippen molar-refractivity contribution in [3.63, 3.8) is 0 Å². The second-order valence-electron chi connectivity index (χ2n) is 4.11. The van der Waals surface area contributed by atoms with Gasteiger partial charge >= 0.3 is 0 Å². The topological polar surface area (TPSA) is 81.9 Å². The van der Waals surface area contributed by atoms with Crippen molar-refractivity contribution in [2.45, 2.75) is 26.8 Å². The summed E-state index contributed by atoms with van der Waals surface area (Å²) in [6.45, 7) is 6.49. The number of carbonyl (C=O) groups is 1. The van der Waals surface area contributed by atoms with Crippen molar-refractivity contribution in [2.24, 2.45) is 0 Å². The van der Waals surface area contributed by atoms with Gasteiger partial charge in [0.15, 0.2) is 0 Å². The highest BCUT2D eigenvalue weighted by Crippen LogP contribution is 2.14. The molecule has 1 rings (SSSR count). The van der Waals surface area contributed by atoms with Gasteiger partial charge in [0, 0.05) is 12.6 Å². The summed E-state index contributed by atoms with van der Waals surface area (Å²) < 4.78 is 0. The van der Waals surface area contributed by atoms with Crippen LogP contribution in [0.25, 0.3) is 0 Å². The molecule has 96 valence electrons. The van der Waals surface area contributed by atoms with Crippen molar-refractivity contribution in [2.75, 3.05) is 18.0 Å². The zero-order chi connectivity index (χ0) is 13.5. The SMILES string of the molecule is CCN(CC(=O)NC(C)C)c1ncncc1C#N. The lowest BCUT2D eigenvalue weighted by Crippen LogP contribution is -2.40. The highest BCUT2D eigenvalue weighted by Gasteiger charge is 2.15. The van der Waals surface area contributed by atoms with Gasteiger partial charge < -0.3 is 10.2 Å². The van der Waals surface area contributed by atoms with Crippen LogP contribution in [0, 0.1) is 11.3 Å². The van der Waals surface area contributed by atoms with Gasteiger partial charge in [0.1, 0.15) is 23.8 Å². The van der Waals surface area contributed by atoms with E-state index in [1.165, 1.54) is 12.5 Å². The van der Waals surface area contributed by atoms with Gasteiger partial charge in [-0.05, 0) is 20.8 Å². The van der Waals surface area contributed by atoms with Crippen LogP contribution >= 0.6 is 0 Å². The van der Waals surface area contributed by atoms with Crippen molar-refractivity contribution in [1.82, 2.24) is 15.3 Å². The molecular weight excluding hydrogens is 230 g/mol. The Morgan fingerprint density at radius 2 is 2.33 bits per heavy atom. The first-order valence-electron chi connectivity index (χ1n) is 5.82. The average molecular weight is 247 g/mol. The van der Waals surface area contributed by atoms with E-state index in [1.807, 2.05) is 26.8 Å². The van der Waals surface area contributed by atoms with Crippen LogP contribution in [0.1, 0.15) is 26.3 Å². The Hall–Kier alpha value is -2.16. The summed E-state index contributed by atoms with van der Waals surface area (Å²) in [7, 11) is 0. The van der Waals surface area contributed by atoms with Gasteiger partial charge in [-0.25, -0.2) is 9.97 Å². The lowest BCUT2D eigenvalue weighted by atomic mass is 10.3. The predicted molar refractivity (Wildman–Crippen MR) is 67.9 cm³/mol. The minimum atomic E-state index is -0.0886. The van der Waals surface area contributed by atoms with Crippen LogP contribution in [-0.2, 0) is 4.79 Å². The minimum absolute atomic E-state index is 0.0886. The maximum Gasteiger partial charge on any atom is 0.239 e. The lowest BCUT2D eigenvalue weighted by Gasteiger charge is -2.22. The smallest absolute Gasteiger partial charge is 0.239 e. The standard InChI is InChI=1S/C12H17N5O/c1-4-17(7-11(18)16-9(2)3)12-10(5-13)6-14-8-15-12/h6,8-9H,4,7H2,1-3H3,(H,16,18). The summed E-state index contributed by atoms with van der Waals surface area (Å²) in [6.07, 6.45) is 2.82. The number of nitrogens with one attached hydrogen (secondary N) is 1. The molecule has 0 aliphatic heterocycles. The van der Waals surface area contributed by atoms with Gasteiger partial charge in [-0.2, -0.15) is 5.26 Å². The van der Waals surface area contributed by atoms with Crippen LogP contribution in [-0.4, -0.2) is 35.0 Å². The third-order valence-corrected chi connectivity index (χ3v) is 2.28. The normalized spacial score (nSPS) is 9.94. The summed E-state index contributed by atoms with van der Waals surface area (Å²) in [5, 5.41) is 11.8. The molecule has 0 atom stereocenters. The van der Waals surface area contributed by atoms with E-state index in [2.05, 4.69) is 15.3 Å². The van der Waals surface area contributed by atoms with Gasteiger partial charge in [0.05, 0.1) is 12.7 Å². The number of rotatable bonds is 5. The molecule has 0 saturated heterocycles. The third-order valence-electron chi connectivity index (χ3n) is 2.28. The van der Waals surface area contributed by atoms with Crippen molar-refractivity contribution >= 4 is 11.7 Å². The molecule has 1 heterocycles. The lowest BCUT2D eigenvalue weighted by molar-refractivity contribution is -0.120. The summed E-state index contributed by atoms with van der Waals surface area (Å²) in [5.74, 6) is 0.406. The first-order chi connectivity index (χ1) is 8.58. The van der Waals surface area contributed by atoms with Crippen molar-refractivity contribution < 1.29 is 4.79 Å². The fourth-order valence-corrected chi connectivity index (χ4v) is 1.53. The quantitative estimate of drug-likeness (QED) is 0.828. The van der Waals surface area contributed by atoms with E-state index in [-0.39, 0.29) is 18.5 Å². The molecule has 0 spiro atoms. The molecule has 0 fully saturated rings. The molecule has 1 aromatic heterocycles. The molecule has 0 saturated carbocycles. The maximum absolute atomic E-state index is 11.7. The van der Waals surface area contributed by atoms with Crippen LogP contribution in [0.4, 0.5) is 5.82 Å². The molecule has 6 heteroatoms. The van der Waals surface area contributed by atoms with Crippen molar-refractivity contribution in [3.8, 4) is 6.07 Å². The van der Waals surface area contributed by atoms with E-state index in [9.17, 15) is 4.79 Å². The van der Waals surface area contributed by atoms with E-state index in [0.29, 0.717) is 17.9 Å². The molecule has 0 aromatic carbocycles. The third kappa shape index (κ3) is 3.70. The average Bonchev–Trinajstić information content (AvgIpc) is 2.35. The predicted octanol–water partition coefficient (Wildman–Crippen LogP) is 0.699. The van der Waals surface area contributed by atoms with E-state index in [1.54, 1.807) is 4.90 Å². The number of hydrogen-bond donors (Lipinski definition) is 1. The molecule has 1 aromatic rings. The van der Waals surface area contributed by atoms with Crippen LogP contribution < -0.4 is 10.2 Å². The summed E-state index contributed by atoms with van der Waals surface area (Å²) in [5.41, 5.74) is 0.372. The Kier molecular flexibility index (Phi) is 5.06. The molecule has 1 N–H and O–H groups in total. The van der Waals surface area contributed by atoms with E-state index < -0.39 is 0 Å². The molecule has 0 aliphatic rings. The number of amides is 1. The molecule has 18 heavy (non-hydrogen) atoms. The molecule has 1 amide bonds. The maximum atomic E-state index is 11.7. The Labute approximate surface area is 107 Å². The Balaban J connectivity index is 2.84. The van der Waals surface area contributed by atoms with Gasteiger partial charge in [-0.15, -0.1) is 0 Å². The number of likely N-dealkylation sites (N-methyl/N-ethyl adjacent to an activating group) is 1. The zero-order valence-corrected chi connectivity index (χ0v) is 10.8. The van der Waals surface area contributed by atoms with E-state index >= 15 is 0 Å². The number of anilines is 1. The number of nitriles is 1. The highest BCUT2D eigenvalue weighted by atomic mass is 16.2. The van der Waals surface area contributed by atoms with Crippen LogP contribution in [0.3, 0.4) is 0 Å². The van der Waals surface area contributed by atoms with Crippen LogP contribution in [0.15, 0.2) is 12.5 Å². The molecule has 6 nitrogen and oxygen atoms in total. The first-order valence-corrected chi connectivity index (χ1v) is 5.82. The minimum Gasteiger partial charge on any atom is -0.352 e. The zero-order valence-electron chi connectivity index (χ0n) is 10.8. The second-order valence-corrected chi connectivity index (χ2v) is 4.11. The Bertz CT molecular complexity index is 452.